The van der Waals surface area contributed by atoms with Crippen molar-refractivity contribution in [3.05, 3.63) is 0 Å². The summed E-state index contributed by atoms with van der Waals surface area (Å²) in [6.07, 6.45) is 1.95. The number of aliphatic hydroxyl groups is 1. The summed E-state index contributed by atoms with van der Waals surface area (Å²) >= 11 is 0. The minimum absolute atomic E-state index is 0.190. The summed E-state index contributed by atoms with van der Waals surface area (Å²) < 4.78 is 10.4. The molecule has 0 bridgehead atoms. The van der Waals surface area contributed by atoms with E-state index in [2.05, 4.69) is 0 Å². The zero-order valence-electron chi connectivity index (χ0n) is 5.82. The van der Waals surface area contributed by atoms with Crippen molar-refractivity contribution in [1.82, 2.24) is 0 Å². The highest BCUT2D eigenvalue weighted by atomic mass is 16.7. The van der Waals surface area contributed by atoms with Gasteiger partial charge >= 0.3 is 0 Å². The van der Waals surface area contributed by atoms with Gasteiger partial charge < -0.3 is 14.6 Å². The molecule has 0 aromatic rings. The van der Waals surface area contributed by atoms with Crippen molar-refractivity contribution in [3.8, 4) is 0 Å². The van der Waals surface area contributed by atoms with Gasteiger partial charge in [-0.25, -0.2) is 0 Å². The Kier molecular flexibility index (Phi) is 1.64. The summed E-state index contributed by atoms with van der Waals surface area (Å²) in [6.45, 7) is 1.08. The molecule has 2 fully saturated rings. The van der Waals surface area contributed by atoms with Gasteiger partial charge in [-0.15, -0.1) is 0 Å². The number of fused-ring (bicyclic) bond motifs is 1. The molecule has 1 aliphatic heterocycles. The van der Waals surface area contributed by atoms with Crippen LogP contribution in [0.4, 0.5) is 0 Å². The average molecular weight is 144 g/mol. The molecule has 1 saturated heterocycles. The fraction of sp³-hybridized carbons (Fsp3) is 1.00. The molecule has 3 atom stereocenters. The minimum Gasteiger partial charge on any atom is -0.393 e. The van der Waals surface area contributed by atoms with E-state index in [0.717, 1.165) is 12.8 Å². The molecule has 1 heterocycles. The van der Waals surface area contributed by atoms with Crippen LogP contribution in [0.25, 0.3) is 0 Å². The third-order valence-electron chi connectivity index (χ3n) is 2.39. The van der Waals surface area contributed by atoms with E-state index in [1.54, 1.807) is 0 Å². The normalized spacial score (nSPS) is 47.1. The molecule has 3 heteroatoms. The van der Waals surface area contributed by atoms with E-state index < -0.39 is 0 Å². The number of hydrogen-bond acceptors (Lipinski definition) is 3. The van der Waals surface area contributed by atoms with Crippen LogP contribution in [0.1, 0.15) is 12.8 Å². The van der Waals surface area contributed by atoms with Gasteiger partial charge in [-0.1, -0.05) is 0 Å². The molecule has 2 rings (SSSR count). The summed E-state index contributed by atoms with van der Waals surface area (Å²) in [6, 6.07) is 0. The molecule has 58 valence electrons. The standard InChI is InChI=1S/C7H12O3/c8-6-1-2-7-5(6)3-9-4-10-7/h5-8H,1-4H2. The summed E-state index contributed by atoms with van der Waals surface area (Å²) in [5.74, 6) is 0.244. The molecule has 0 aromatic carbocycles. The van der Waals surface area contributed by atoms with Crippen molar-refractivity contribution in [2.45, 2.75) is 25.0 Å². The lowest BCUT2D eigenvalue weighted by molar-refractivity contribution is -0.171. The summed E-state index contributed by atoms with van der Waals surface area (Å²) in [5.41, 5.74) is 0. The summed E-state index contributed by atoms with van der Waals surface area (Å²) in [5, 5.41) is 9.36. The first-order chi connectivity index (χ1) is 4.88. The number of hydrogen-bond donors (Lipinski definition) is 1. The van der Waals surface area contributed by atoms with Crippen molar-refractivity contribution < 1.29 is 14.6 Å². The Hall–Kier alpha value is -0.120. The molecule has 2 aliphatic rings. The Bertz CT molecular complexity index is 124. The Labute approximate surface area is 59.9 Å². The molecular formula is C7H12O3. The Morgan fingerprint density at radius 2 is 2.20 bits per heavy atom. The predicted molar refractivity (Wildman–Crippen MR) is 34.4 cm³/mol. The van der Waals surface area contributed by atoms with Crippen molar-refractivity contribution in [2.24, 2.45) is 5.92 Å². The van der Waals surface area contributed by atoms with E-state index in [1.807, 2.05) is 0 Å². The quantitative estimate of drug-likeness (QED) is 0.525. The molecule has 3 nitrogen and oxygen atoms in total. The van der Waals surface area contributed by atoms with Crippen LogP contribution in [0.2, 0.25) is 0 Å². The highest BCUT2D eigenvalue weighted by molar-refractivity contribution is 4.86. The van der Waals surface area contributed by atoms with Crippen molar-refractivity contribution in [2.75, 3.05) is 13.4 Å². The molecule has 3 unspecified atom stereocenters. The van der Waals surface area contributed by atoms with Crippen LogP contribution >= 0.6 is 0 Å². The Morgan fingerprint density at radius 1 is 1.30 bits per heavy atom. The van der Waals surface area contributed by atoms with Crippen molar-refractivity contribution in [3.63, 3.8) is 0 Å². The zero-order chi connectivity index (χ0) is 6.97. The molecule has 0 spiro atoms. The molecule has 0 amide bonds. The van der Waals surface area contributed by atoms with Gasteiger partial charge in [0.2, 0.25) is 0 Å². The second kappa shape index (κ2) is 2.49. The molecule has 1 saturated carbocycles. The second-order valence-electron chi connectivity index (χ2n) is 3.00. The maximum Gasteiger partial charge on any atom is 0.147 e. The van der Waals surface area contributed by atoms with Gasteiger partial charge in [0.25, 0.3) is 0 Å². The van der Waals surface area contributed by atoms with Crippen LogP contribution in [0, 0.1) is 5.92 Å². The minimum atomic E-state index is -0.190. The summed E-state index contributed by atoms with van der Waals surface area (Å²) in [4.78, 5) is 0. The molecule has 10 heavy (non-hydrogen) atoms. The highest BCUT2D eigenvalue weighted by Crippen LogP contribution is 2.31. The maximum absolute atomic E-state index is 9.36. The first-order valence-electron chi connectivity index (χ1n) is 3.75. The van der Waals surface area contributed by atoms with Gasteiger partial charge in [0.05, 0.1) is 18.8 Å². The lowest BCUT2D eigenvalue weighted by Crippen LogP contribution is -2.35. The van der Waals surface area contributed by atoms with Crippen LogP contribution in [0.15, 0.2) is 0 Å². The Morgan fingerprint density at radius 3 is 3.00 bits per heavy atom. The van der Waals surface area contributed by atoms with E-state index in [1.165, 1.54) is 0 Å². The van der Waals surface area contributed by atoms with E-state index in [9.17, 15) is 5.11 Å². The van der Waals surface area contributed by atoms with Gasteiger partial charge in [0.15, 0.2) is 0 Å². The van der Waals surface area contributed by atoms with Crippen molar-refractivity contribution >= 4 is 0 Å². The Balaban J connectivity index is 2.01. The van der Waals surface area contributed by atoms with E-state index in [-0.39, 0.29) is 18.1 Å². The van der Waals surface area contributed by atoms with E-state index >= 15 is 0 Å². The van der Waals surface area contributed by atoms with Crippen LogP contribution in [0.5, 0.6) is 0 Å². The van der Waals surface area contributed by atoms with Gasteiger partial charge in [0.1, 0.15) is 6.79 Å². The second-order valence-corrected chi connectivity index (χ2v) is 3.00. The monoisotopic (exact) mass is 144 g/mol. The van der Waals surface area contributed by atoms with Gasteiger partial charge in [-0.3, -0.25) is 0 Å². The lowest BCUT2D eigenvalue weighted by Gasteiger charge is -2.27. The predicted octanol–water partition coefficient (Wildman–Crippen LogP) is 0.130. The van der Waals surface area contributed by atoms with E-state index in [0.29, 0.717) is 13.4 Å². The first-order valence-corrected chi connectivity index (χ1v) is 3.75. The molecule has 1 N–H and O–H groups in total. The van der Waals surface area contributed by atoms with Crippen molar-refractivity contribution in [1.29, 1.82) is 0 Å². The van der Waals surface area contributed by atoms with Crippen LogP contribution in [-0.4, -0.2) is 30.7 Å². The molecular weight excluding hydrogens is 132 g/mol. The van der Waals surface area contributed by atoms with Gasteiger partial charge in [0, 0.05) is 5.92 Å². The third kappa shape index (κ3) is 0.944. The van der Waals surface area contributed by atoms with Crippen LogP contribution in [0.3, 0.4) is 0 Å². The molecule has 1 aliphatic carbocycles. The lowest BCUT2D eigenvalue weighted by atomic mass is 10.1. The fourth-order valence-corrected chi connectivity index (χ4v) is 1.76. The number of ether oxygens (including phenoxy) is 2. The first kappa shape index (κ1) is 6.58. The van der Waals surface area contributed by atoms with E-state index in [4.69, 9.17) is 9.47 Å². The fourth-order valence-electron chi connectivity index (χ4n) is 1.76. The van der Waals surface area contributed by atoms with Gasteiger partial charge in [-0.2, -0.15) is 0 Å². The highest BCUT2D eigenvalue weighted by Gasteiger charge is 2.37. The number of aliphatic hydroxyl groups excluding tert-OH is 1. The van der Waals surface area contributed by atoms with Gasteiger partial charge in [-0.05, 0) is 12.8 Å². The largest absolute Gasteiger partial charge is 0.393 e. The average Bonchev–Trinajstić information content (AvgIpc) is 2.34. The molecule has 0 radical (unpaired) electrons. The third-order valence-corrected chi connectivity index (χ3v) is 2.39. The number of rotatable bonds is 0. The SMILES string of the molecule is OC1CCC2OCOCC12. The topological polar surface area (TPSA) is 38.7 Å². The summed E-state index contributed by atoms with van der Waals surface area (Å²) in [7, 11) is 0. The molecule has 0 aromatic heterocycles. The smallest absolute Gasteiger partial charge is 0.147 e. The maximum atomic E-state index is 9.36. The van der Waals surface area contributed by atoms with Crippen LogP contribution in [-0.2, 0) is 9.47 Å². The zero-order valence-corrected chi connectivity index (χ0v) is 5.82. The van der Waals surface area contributed by atoms with Crippen LogP contribution < -0.4 is 0 Å².